The largest absolute Gasteiger partial charge is 0.310 e. The minimum atomic E-state index is 1.10. The molecule has 0 amide bonds. The van der Waals surface area contributed by atoms with Crippen molar-refractivity contribution in [3.8, 4) is 27.9 Å². The quantitative estimate of drug-likeness (QED) is 0.166. The van der Waals surface area contributed by atoms with Gasteiger partial charge < -0.3 is 9.47 Å². The van der Waals surface area contributed by atoms with E-state index in [1.165, 1.54) is 75.0 Å². The number of anilines is 3. The Bertz CT molecular complexity index is 3150. The van der Waals surface area contributed by atoms with Crippen molar-refractivity contribution in [3.63, 3.8) is 0 Å². The number of thiophene rings is 1. The fourth-order valence-electron chi connectivity index (χ4n) is 8.50. The smallest absolute Gasteiger partial charge is 0.0541 e. The lowest BCUT2D eigenvalue weighted by molar-refractivity contribution is 1.17. The van der Waals surface area contributed by atoms with Gasteiger partial charge in [-0.1, -0.05) is 146 Å². The first-order valence-corrected chi connectivity index (χ1v) is 19.6. The number of hydrogen-bond donors (Lipinski definition) is 0. The lowest BCUT2D eigenvalue weighted by Crippen LogP contribution is -2.10. The molecule has 2 aromatic heterocycles. The average molecular weight is 719 g/mol. The van der Waals surface area contributed by atoms with Gasteiger partial charge in [0.1, 0.15) is 0 Å². The lowest BCUT2D eigenvalue weighted by atomic mass is 9.91. The van der Waals surface area contributed by atoms with Gasteiger partial charge in [-0.05, 0) is 93.7 Å². The van der Waals surface area contributed by atoms with Crippen LogP contribution in [0.5, 0.6) is 0 Å². The molecule has 0 bridgehead atoms. The molecule has 0 spiro atoms. The molecule has 0 aliphatic heterocycles. The molecule has 0 N–H and O–H groups in total. The van der Waals surface area contributed by atoms with Gasteiger partial charge in [0, 0.05) is 53.7 Å². The van der Waals surface area contributed by atoms with Crippen LogP contribution in [0.4, 0.5) is 17.1 Å². The van der Waals surface area contributed by atoms with Crippen LogP contribution in [0, 0.1) is 0 Å². The van der Waals surface area contributed by atoms with Gasteiger partial charge in [-0.25, -0.2) is 0 Å². The van der Waals surface area contributed by atoms with Crippen molar-refractivity contribution < 1.29 is 0 Å². The summed E-state index contributed by atoms with van der Waals surface area (Å²) in [5.41, 5.74) is 11.8. The summed E-state index contributed by atoms with van der Waals surface area (Å²) in [6, 6.07) is 75.2. The van der Waals surface area contributed by atoms with Gasteiger partial charge in [0.25, 0.3) is 0 Å². The van der Waals surface area contributed by atoms with E-state index in [1.54, 1.807) is 0 Å². The monoisotopic (exact) mass is 718 g/mol. The maximum atomic E-state index is 2.41. The van der Waals surface area contributed by atoms with Gasteiger partial charge in [-0.2, -0.15) is 0 Å². The molecule has 11 rings (SSSR count). The maximum absolute atomic E-state index is 2.41. The maximum Gasteiger partial charge on any atom is 0.0541 e. The average Bonchev–Trinajstić information content (AvgIpc) is 3.80. The zero-order valence-electron chi connectivity index (χ0n) is 29.9. The first-order chi connectivity index (χ1) is 27.3. The van der Waals surface area contributed by atoms with Crippen molar-refractivity contribution in [2.45, 2.75) is 0 Å². The Kier molecular flexibility index (Phi) is 7.39. The van der Waals surface area contributed by atoms with E-state index in [1.807, 2.05) is 11.3 Å². The molecular weight excluding hydrogens is 685 g/mol. The molecule has 0 radical (unpaired) electrons. The van der Waals surface area contributed by atoms with E-state index in [9.17, 15) is 0 Å². The van der Waals surface area contributed by atoms with Crippen molar-refractivity contribution >= 4 is 81.1 Å². The lowest BCUT2D eigenvalue weighted by Gasteiger charge is -2.26. The second-order valence-corrected chi connectivity index (χ2v) is 15.2. The van der Waals surface area contributed by atoms with Crippen LogP contribution in [0.25, 0.3) is 80.7 Å². The van der Waals surface area contributed by atoms with E-state index in [2.05, 4.69) is 216 Å². The van der Waals surface area contributed by atoms with E-state index in [0.29, 0.717) is 0 Å². The molecule has 258 valence electrons. The normalized spacial score (nSPS) is 11.6. The summed E-state index contributed by atoms with van der Waals surface area (Å²) in [7, 11) is 0. The van der Waals surface area contributed by atoms with Gasteiger partial charge in [-0.15, -0.1) is 11.3 Å². The fraction of sp³-hybridized carbons (Fsp3) is 0. The van der Waals surface area contributed by atoms with Crippen LogP contribution in [-0.2, 0) is 0 Å². The van der Waals surface area contributed by atoms with Gasteiger partial charge in [0.15, 0.2) is 0 Å². The van der Waals surface area contributed by atoms with E-state index in [0.717, 1.165) is 22.7 Å². The van der Waals surface area contributed by atoms with Gasteiger partial charge in [0.2, 0.25) is 0 Å². The van der Waals surface area contributed by atoms with Crippen LogP contribution in [0.1, 0.15) is 0 Å². The third-order valence-corrected chi connectivity index (χ3v) is 12.1. The number of nitrogens with zero attached hydrogens (tertiary/aromatic N) is 2. The second-order valence-electron chi connectivity index (χ2n) is 14.1. The zero-order valence-corrected chi connectivity index (χ0v) is 30.7. The molecule has 3 heteroatoms. The summed E-state index contributed by atoms with van der Waals surface area (Å²) < 4.78 is 4.99. The number of para-hydroxylation sites is 2. The first kappa shape index (κ1) is 31.6. The Morgan fingerprint density at radius 1 is 0.364 bits per heavy atom. The Balaban J connectivity index is 1.08. The van der Waals surface area contributed by atoms with Gasteiger partial charge in [-0.3, -0.25) is 0 Å². The highest BCUT2D eigenvalue weighted by molar-refractivity contribution is 7.25. The third-order valence-electron chi connectivity index (χ3n) is 11.0. The molecule has 0 atom stereocenters. The zero-order chi connectivity index (χ0) is 36.3. The third kappa shape index (κ3) is 5.24. The molecule has 0 aliphatic rings. The number of hydrogen-bond acceptors (Lipinski definition) is 2. The second kappa shape index (κ2) is 12.9. The summed E-state index contributed by atoms with van der Waals surface area (Å²) in [5.74, 6) is 0. The molecule has 0 fully saturated rings. The highest BCUT2D eigenvalue weighted by Gasteiger charge is 2.18. The number of benzene rings is 9. The van der Waals surface area contributed by atoms with E-state index in [4.69, 9.17) is 0 Å². The molecule has 0 saturated carbocycles. The minimum absolute atomic E-state index is 1.10. The Hall–Kier alpha value is -6.94. The Labute approximate surface area is 323 Å². The Morgan fingerprint density at radius 3 is 1.65 bits per heavy atom. The van der Waals surface area contributed by atoms with Gasteiger partial charge >= 0.3 is 0 Å². The molecule has 2 heterocycles. The predicted octanol–water partition coefficient (Wildman–Crippen LogP) is 15.1. The summed E-state index contributed by atoms with van der Waals surface area (Å²) in [6.07, 6.45) is 0. The van der Waals surface area contributed by atoms with E-state index in [-0.39, 0.29) is 0 Å². The molecule has 2 nitrogen and oxygen atoms in total. The highest BCUT2D eigenvalue weighted by atomic mass is 32.1. The summed E-state index contributed by atoms with van der Waals surface area (Å²) in [4.78, 5) is 2.41. The van der Waals surface area contributed by atoms with Crippen molar-refractivity contribution in [3.05, 3.63) is 206 Å². The highest BCUT2D eigenvalue weighted by Crippen LogP contribution is 2.43. The standard InChI is InChI=1S/C52H34N2S/c1-2-13-35(14-3-1)42-22-10-15-37-16-11-23-43(52(37)42)36-27-29-38(30-28-36)53(41-31-32-47-46-21-6-9-26-50(46)55-51(47)34-41)39-17-12-18-40(33-39)54-48-24-7-4-19-44(48)45-20-5-8-25-49(45)54/h1-34H. The molecule has 0 saturated heterocycles. The molecule has 9 aromatic carbocycles. The number of fused-ring (bicyclic) bond motifs is 7. The Morgan fingerprint density at radius 2 is 0.927 bits per heavy atom. The summed E-state index contributed by atoms with van der Waals surface area (Å²) >= 11 is 1.86. The molecule has 55 heavy (non-hydrogen) atoms. The van der Waals surface area contributed by atoms with Crippen LogP contribution in [-0.4, -0.2) is 4.57 Å². The number of aromatic nitrogens is 1. The molecular formula is C52H34N2S. The van der Waals surface area contributed by atoms with Crippen molar-refractivity contribution in [1.82, 2.24) is 4.57 Å². The van der Waals surface area contributed by atoms with Crippen LogP contribution >= 0.6 is 11.3 Å². The topological polar surface area (TPSA) is 8.17 Å². The number of rotatable bonds is 6. The SMILES string of the molecule is c1ccc(-c2cccc3cccc(-c4ccc(N(c5cccc(-n6c7ccccc7c7ccccc76)c5)c5ccc6c(c5)sc5ccccc56)cc4)c23)cc1. The molecule has 11 aromatic rings. The van der Waals surface area contributed by atoms with Crippen LogP contribution in [0.15, 0.2) is 206 Å². The van der Waals surface area contributed by atoms with Crippen LogP contribution in [0.2, 0.25) is 0 Å². The van der Waals surface area contributed by atoms with Crippen LogP contribution in [0.3, 0.4) is 0 Å². The fourth-order valence-corrected chi connectivity index (χ4v) is 9.64. The molecule has 0 aliphatic carbocycles. The van der Waals surface area contributed by atoms with Gasteiger partial charge in [0.05, 0.1) is 11.0 Å². The molecule has 0 unspecified atom stereocenters. The summed E-state index contributed by atoms with van der Waals surface area (Å²) in [5, 5.41) is 7.63. The van der Waals surface area contributed by atoms with Crippen molar-refractivity contribution in [1.29, 1.82) is 0 Å². The predicted molar refractivity (Wildman–Crippen MR) is 237 cm³/mol. The van der Waals surface area contributed by atoms with Crippen molar-refractivity contribution in [2.75, 3.05) is 4.90 Å². The summed E-state index contributed by atoms with van der Waals surface area (Å²) in [6.45, 7) is 0. The van der Waals surface area contributed by atoms with Crippen LogP contribution < -0.4 is 4.90 Å². The minimum Gasteiger partial charge on any atom is -0.310 e. The van der Waals surface area contributed by atoms with E-state index >= 15 is 0 Å². The first-order valence-electron chi connectivity index (χ1n) is 18.8. The van der Waals surface area contributed by atoms with E-state index < -0.39 is 0 Å². The van der Waals surface area contributed by atoms with Crippen molar-refractivity contribution in [2.24, 2.45) is 0 Å².